The van der Waals surface area contributed by atoms with E-state index in [0.717, 1.165) is 19.3 Å². The largest absolute Gasteiger partial charge is 0.353 e. The number of carbonyl (C=O) groups excluding carboxylic acids is 1. The molecule has 3 heteroatoms. The summed E-state index contributed by atoms with van der Waals surface area (Å²) in [7, 11) is 0. The van der Waals surface area contributed by atoms with Crippen molar-refractivity contribution in [2.24, 2.45) is 0 Å². The molecule has 0 aromatic heterocycles. The van der Waals surface area contributed by atoms with Crippen LogP contribution in [0.3, 0.4) is 0 Å². The average Bonchev–Trinajstić information content (AvgIpc) is 2.47. The third-order valence-corrected chi connectivity index (χ3v) is 4.17. The summed E-state index contributed by atoms with van der Waals surface area (Å²) in [4.78, 5) is 11.7. The normalized spacial score (nSPS) is 23.0. The van der Waals surface area contributed by atoms with Gasteiger partial charge in [0.1, 0.15) is 0 Å². The lowest BCUT2D eigenvalue weighted by atomic mass is 9.82. The Morgan fingerprint density at radius 2 is 1.84 bits per heavy atom. The van der Waals surface area contributed by atoms with Crippen LogP contribution in [-0.4, -0.2) is 17.8 Å². The SMILES string of the molecule is O=C(CCCCl)NC1CCC(c2ccccc2)CC1. The fourth-order valence-electron chi connectivity index (χ4n) is 2.82. The van der Waals surface area contributed by atoms with Gasteiger partial charge in [-0.3, -0.25) is 4.79 Å². The van der Waals surface area contributed by atoms with Gasteiger partial charge in [0.05, 0.1) is 0 Å². The summed E-state index contributed by atoms with van der Waals surface area (Å²) in [6.07, 6.45) is 5.85. The molecule has 0 unspecified atom stereocenters. The number of amides is 1. The lowest BCUT2D eigenvalue weighted by Gasteiger charge is -2.29. The number of alkyl halides is 1. The second-order valence-electron chi connectivity index (χ2n) is 5.32. The van der Waals surface area contributed by atoms with Crippen molar-refractivity contribution < 1.29 is 4.79 Å². The second kappa shape index (κ2) is 7.54. The van der Waals surface area contributed by atoms with Crippen molar-refractivity contribution in [3.63, 3.8) is 0 Å². The van der Waals surface area contributed by atoms with Gasteiger partial charge in [-0.25, -0.2) is 0 Å². The van der Waals surface area contributed by atoms with Crippen LogP contribution in [0.4, 0.5) is 0 Å². The highest BCUT2D eigenvalue weighted by Crippen LogP contribution is 2.32. The molecular formula is C16H22ClNO. The van der Waals surface area contributed by atoms with E-state index in [4.69, 9.17) is 11.6 Å². The van der Waals surface area contributed by atoms with E-state index < -0.39 is 0 Å². The highest BCUT2D eigenvalue weighted by atomic mass is 35.5. The predicted octanol–water partition coefficient (Wildman–Crippen LogP) is 3.85. The van der Waals surface area contributed by atoms with Crippen LogP contribution >= 0.6 is 11.6 Å². The molecule has 1 aliphatic carbocycles. The molecule has 0 atom stereocenters. The van der Waals surface area contributed by atoms with Gasteiger partial charge >= 0.3 is 0 Å². The van der Waals surface area contributed by atoms with Gasteiger partial charge in [0.15, 0.2) is 0 Å². The smallest absolute Gasteiger partial charge is 0.220 e. The van der Waals surface area contributed by atoms with Crippen molar-refractivity contribution in [2.45, 2.75) is 50.5 Å². The van der Waals surface area contributed by atoms with E-state index in [2.05, 4.69) is 35.6 Å². The monoisotopic (exact) mass is 279 g/mol. The molecule has 2 rings (SSSR count). The first-order chi connectivity index (χ1) is 9.29. The van der Waals surface area contributed by atoms with E-state index in [-0.39, 0.29) is 5.91 Å². The Hall–Kier alpha value is -1.02. The third-order valence-electron chi connectivity index (χ3n) is 3.90. The molecule has 0 spiro atoms. The molecule has 1 amide bonds. The van der Waals surface area contributed by atoms with E-state index in [0.29, 0.717) is 24.3 Å². The minimum absolute atomic E-state index is 0.156. The number of rotatable bonds is 5. The Morgan fingerprint density at radius 3 is 2.47 bits per heavy atom. The zero-order chi connectivity index (χ0) is 13.5. The van der Waals surface area contributed by atoms with Crippen LogP contribution in [0.1, 0.15) is 50.0 Å². The first kappa shape index (κ1) is 14.4. The number of hydrogen-bond acceptors (Lipinski definition) is 1. The van der Waals surface area contributed by atoms with Crippen LogP contribution in [-0.2, 0) is 4.79 Å². The van der Waals surface area contributed by atoms with Gasteiger partial charge in [-0.2, -0.15) is 0 Å². The Kier molecular flexibility index (Phi) is 5.71. The average molecular weight is 280 g/mol. The quantitative estimate of drug-likeness (QED) is 0.815. The molecule has 0 heterocycles. The third kappa shape index (κ3) is 4.54. The number of carbonyl (C=O) groups is 1. The first-order valence-corrected chi connectivity index (χ1v) is 7.73. The Labute approximate surface area is 120 Å². The molecule has 19 heavy (non-hydrogen) atoms. The molecule has 0 radical (unpaired) electrons. The van der Waals surface area contributed by atoms with Crippen LogP contribution in [0.5, 0.6) is 0 Å². The van der Waals surface area contributed by atoms with Crippen LogP contribution in [0.15, 0.2) is 30.3 Å². The molecule has 1 N–H and O–H groups in total. The van der Waals surface area contributed by atoms with E-state index in [9.17, 15) is 4.79 Å². The summed E-state index contributed by atoms with van der Waals surface area (Å²) in [5, 5.41) is 3.13. The van der Waals surface area contributed by atoms with Crippen LogP contribution < -0.4 is 5.32 Å². The topological polar surface area (TPSA) is 29.1 Å². The van der Waals surface area contributed by atoms with Crippen LogP contribution in [0.25, 0.3) is 0 Å². The Bertz CT molecular complexity index is 385. The van der Waals surface area contributed by atoms with Gasteiger partial charge in [-0.05, 0) is 43.6 Å². The van der Waals surface area contributed by atoms with Crippen LogP contribution in [0.2, 0.25) is 0 Å². The molecule has 104 valence electrons. The summed E-state index contributed by atoms with van der Waals surface area (Å²) >= 11 is 5.60. The van der Waals surface area contributed by atoms with E-state index in [1.54, 1.807) is 0 Å². The minimum Gasteiger partial charge on any atom is -0.353 e. The van der Waals surface area contributed by atoms with Crippen molar-refractivity contribution in [1.29, 1.82) is 0 Å². The number of nitrogens with one attached hydrogen (secondary N) is 1. The van der Waals surface area contributed by atoms with Crippen molar-refractivity contribution in [3.8, 4) is 0 Å². The zero-order valence-corrected chi connectivity index (χ0v) is 12.0. The van der Waals surface area contributed by atoms with E-state index in [1.807, 2.05) is 0 Å². The van der Waals surface area contributed by atoms with Crippen molar-refractivity contribution in [1.82, 2.24) is 5.32 Å². The molecule has 2 nitrogen and oxygen atoms in total. The molecular weight excluding hydrogens is 258 g/mol. The second-order valence-corrected chi connectivity index (χ2v) is 5.70. The maximum absolute atomic E-state index is 11.7. The van der Waals surface area contributed by atoms with Gasteiger partial charge < -0.3 is 5.32 Å². The summed E-state index contributed by atoms with van der Waals surface area (Å²) in [5.74, 6) is 1.38. The van der Waals surface area contributed by atoms with E-state index >= 15 is 0 Å². The van der Waals surface area contributed by atoms with Gasteiger partial charge in [-0.15, -0.1) is 11.6 Å². The number of benzene rings is 1. The van der Waals surface area contributed by atoms with Crippen LogP contribution in [0, 0.1) is 0 Å². The summed E-state index contributed by atoms with van der Waals surface area (Å²) in [6.45, 7) is 0. The molecule has 0 aliphatic heterocycles. The highest BCUT2D eigenvalue weighted by Gasteiger charge is 2.23. The Balaban J connectivity index is 1.75. The maximum Gasteiger partial charge on any atom is 0.220 e. The number of hydrogen-bond donors (Lipinski definition) is 1. The molecule has 0 saturated heterocycles. The molecule has 1 aromatic rings. The lowest BCUT2D eigenvalue weighted by Crippen LogP contribution is -2.37. The van der Waals surface area contributed by atoms with Gasteiger partial charge in [0, 0.05) is 18.3 Å². The molecule has 1 aromatic carbocycles. The molecule has 1 saturated carbocycles. The number of halogens is 1. The Morgan fingerprint density at radius 1 is 1.16 bits per heavy atom. The van der Waals surface area contributed by atoms with Crippen molar-refractivity contribution in [3.05, 3.63) is 35.9 Å². The molecule has 0 bridgehead atoms. The summed E-state index contributed by atoms with van der Waals surface area (Å²) in [6, 6.07) is 11.1. The highest BCUT2D eigenvalue weighted by molar-refractivity contribution is 6.17. The van der Waals surface area contributed by atoms with Gasteiger partial charge in [0.2, 0.25) is 5.91 Å². The standard InChI is InChI=1S/C16H22ClNO/c17-12-4-7-16(19)18-15-10-8-14(9-11-15)13-5-2-1-3-6-13/h1-3,5-6,14-15H,4,7-12H2,(H,18,19). The van der Waals surface area contributed by atoms with Gasteiger partial charge in [-0.1, -0.05) is 30.3 Å². The fourth-order valence-corrected chi connectivity index (χ4v) is 2.96. The van der Waals surface area contributed by atoms with Crippen molar-refractivity contribution >= 4 is 17.5 Å². The predicted molar refractivity (Wildman–Crippen MR) is 79.5 cm³/mol. The van der Waals surface area contributed by atoms with E-state index in [1.165, 1.54) is 18.4 Å². The zero-order valence-electron chi connectivity index (χ0n) is 11.3. The first-order valence-electron chi connectivity index (χ1n) is 7.20. The minimum atomic E-state index is 0.156. The maximum atomic E-state index is 11.7. The van der Waals surface area contributed by atoms with Crippen molar-refractivity contribution in [2.75, 3.05) is 5.88 Å². The molecule has 1 fully saturated rings. The fraction of sp³-hybridized carbons (Fsp3) is 0.562. The summed E-state index contributed by atoms with van der Waals surface area (Å²) in [5.41, 5.74) is 1.44. The molecule has 1 aliphatic rings. The summed E-state index contributed by atoms with van der Waals surface area (Å²) < 4.78 is 0. The lowest BCUT2D eigenvalue weighted by molar-refractivity contribution is -0.122. The van der Waals surface area contributed by atoms with Gasteiger partial charge in [0.25, 0.3) is 0 Å².